The minimum Gasteiger partial charge on any atom is -0.497 e. The summed E-state index contributed by atoms with van der Waals surface area (Å²) in [6, 6.07) is 9.72. The monoisotopic (exact) mass is 372 g/mol. The first-order chi connectivity index (χ1) is 11.0. The predicted octanol–water partition coefficient (Wildman–Crippen LogP) is 3.89. The number of rotatable bonds is 7. The van der Waals surface area contributed by atoms with Crippen molar-refractivity contribution in [2.45, 2.75) is 24.7 Å². The predicted molar refractivity (Wildman–Crippen MR) is 94.1 cm³/mol. The van der Waals surface area contributed by atoms with Gasteiger partial charge >= 0.3 is 0 Å². The van der Waals surface area contributed by atoms with Gasteiger partial charge in [-0.25, -0.2) is 0 Å². The summed E-state index contributed by atoms with van der Waals surface area (Å²) in [5.74, 6) is 0.590. The Morgan fingerprint density at radius 3 is 2.48 bits per heavy atom. The molecule has 0 aliphatic rings. The third-order valence-electron chi connectivity index (χ3n) is 3.01. The van der Waals surface area contributed by atoms with Gasteiger partial charge < -0.3 is 4.74 Å². The Morgan fingerprint density at radius 1 is 1.26 bits per heavy atom. The van der Waals surface area contributed by atoms with E-state index in [1.807, 2.05) is 13.0 Å². The molecule has 2 rings (SSSR count). The normalized spacial score (nSPS) is 12.2. The number of methoxy groups -OCH3 is 1. The largest absolute Gasteiger partial charge is 0.497 e. The van der Waals surface area contributed by atoms with Crippen LogP contribution < -0.4 is 9.57 Å². The van der Waals surface area contributed by atoms with Crippen molar-refractivity contribution in [1.29, 1.82) is 0 Å². The third-order valence-corrected chi connectivity index (χ3v) is 5.52. The average molecular weight is 373 g/mol. The molecule has 0 amide bonds. The van der Waals surface area contributed by atoms with E-state index in [1.54, 1.807) is 18.2 Å². The third kappa shape index (κ3) is 4.70. The van der Waals surface area contributed by atoms with Crippen LogP contribution in [-0.2, 0) is 10.0 Å². The van der Waals surface area contributed by atoms with Gasteiger partial charge in [0, 0.05) is 0 Å². The fourth-order valence-corrected chi connectivity index (χ4v) is 3.75. The minimum absolute atomic E-state index is 0.127. The van der Waals surface area contributed by atoms with E-state index in [0.29, 0.717) is 22.2 Å². The van der Waals surface area contributed by atoms with Crippen molar-refractivity contribution >= 4 is 38.7 Å². The Kier molecular flexibility index (Phi) is 6.04. The molecule has 1 aromatic carbocycles. The number of nitrogens with zero attached hydrogens (tertiary/aromatic N) is 1. The van der Waals surface area contributed by atoms with E-state index in [1.165, 1.54) is 30.6 Å². The first-order valence-electron chi connectivity index (χ1n) is 6.94. The highest BCUT2D eigenvalue weighted by atomic mass is 35.5. The summed E-state index contributed by atoms with van der Waals surface area (Å²) < 4.78 is 30.2. The molecule has 0 aliphatic carbocycles. The summed E-state index contributed by atoms with van der Waals surface area (Å²) in [6.45, 7) is 2.00. The molecule has 0 unspecified atom stereocenters. The van der Waals surface area contributed by atoms with Crippen molar-refractivity contribution in [2.75, 3.05) is 7.11 Å². The quantitative estimate of drug-likeness (QED) is 0.592. The van der Waals surface area contributed by atoms with Gasteiger partial charge in [0.25, 0.3) is 10.0 Å². The molecule has 5 nitrogen and oxygen atoms in total. The van der Waals surface area contributed by atoms with Crippen LogP contribution in [0.15, 0.2) is 46.4 Å². The number of thiophene rings is 1. The van der Waals surface area contributed by atoms with Gasteiger partial charge in [-0.15, -0.1) is 11.3 Å². The summed E-state index contributed by atoms with van der Waals surface area (Å²) in [5, 5.41) is 4.09. The molecule has 0 radical (unpaired) electrons. The van der Waals surface area contributed by atoms with Crippen molar-refractivity contribution < 1.29 is 13.2 Å². The van der Waals surface area contributed by atoms with Gasteiger partial charge in [0.1, 0.15) is 5.75 Å². The SMILES string of the molecule is CCCC(=NNS(=O)(=O)c1ccc(OC)cc1)c1ccc(Cl)s1. The molecular formula is C15H17ClN2O3S2. The maximum Gasteiger partial charge on any atom is 0.276 e. The lowest BCUT2D eigenvalue weighted by atomic mass is 10.2. The summed E-state index contributed by atoms with van der Waals surface area (Å²) in [7, 11) is -2.20. The zero-order chi connectivity index (χ0) is 16.9. The second-order valence-corrected chi connectivity index (χ2v) is 8.06. The van der Waals surface area contributed by atoms with Crippen molar-refractivity contribution in [3.8, 4) is 5.75 Å². The number of ether oxygens (including phenoxy) is 1. The molecule has 124 valence electrons. The number of sulfonamides is 1. The van der Waals surface area contributed by atoms with E-state index < -0.39 is 10.0 Å². The van der Waals surface area contributed by atoms with E-state index in [2.05, 4.69) is 9.93 Å². The van der Waals surface area contributed by atoms with Crippen LogP contribution in [0.3, 0.4) is 0 Å². The lowest BCUT2D eigenvalue weighted by Gasteiger charge is -2.07. The lowest BCUT2D eigenvalue weighted by Crippen LogP contribution is -2.20. The molecule has 0 bridgehead atoms. The van der Waals surface area contributed by atoms with Gasteiger partial charge in [-0.1, -0.05) is 24.9 Å². The molecule has 0 fully saturated rings. The van der Waals surface area contributed by atoms with Gasteiger partial charge in [-0.3, -0.25) is 0 Å². The van der Waals surface area contributed by atoms with E-state index in [9.17, 15) is 8.42 Å². The second kappa shape index (κ2) is 7.81. The van der Waals surface area contributed by atoms with Gasteiger partial charge in [0.2, 0.25) is 0 Å². The van der Waals surface area contributed by atoms with E-state index in [0.717, 1.165) is 11.3 Å². The summed E-state index contributed by atoms with van der Waals surface area (Å²) in [5.41, 5.74) is 0.668. The number of benzene rings is 1. The maximum atomic E-state index is 12.3. The van der Waals surface area contributed by atoms with Crippen LogP contribution in [0.2, 0.25) is 4.34 Å². The molecule has 0 saturated carbocycles. The molecule has 1 aromatic heterocycles. The Morgan fingerprint density at radius 2 is 1.96 bits per heavy atom. The fraction of sp³-hybridized carbons (Fsp3) is 0.267. The van der Waals surface area contributed by atoms with Gasteiger partial charge in [0.15, 0.2) is 0 Å². The number of hydrogen-bond acceptors (Lipinski definition) is 5. The van der Waals surface area contributed by atoms with Crippen LogP contribution in [-0.4, -0.2) is 21.2 Å². The zero-order valence-electron chi connectivity index (χ0n) is 12.7. The first-order valence-corrected chi connectivity index (χ1v) is 9.62. The minimum atomic E-state index is -3.72. The number of halogens is 1. The standard InChI is InChI=1S/C15H17ClN2O3S2/c1-3-4-13(14-9-10-15(16)22-14)17-18-23(19,20)12-7-5-11(21-2)6-8-12/h5-10,18H,3-4H2,1-2H3. The molecule has 0 saturated heterocycles. The molecule has 1 heterocycles. The van der Waals surface area contributed by atoms with Gasteiger partial charge in [-0.2, -0.15) is 18.4 Å². The summed E-state index contributed by atoms with van der Waals surface area (Å²) in [4.78, 5) is 3.27. The molecule has 2 aromatic rings. The molecular weight excluding hydrogens is 356 g/mol. The van der Waals surface area contributed by atoms with Crippen LogP contribution in [0.1, 0.15) is 24.6 Å². The Balaban J connectivity index is 2.22. The summed E-state index contributed by atoms with van der Waals surface area (Å²) >= 11 is 7.30. The second-order valence-electron chi connectivity index (χ2n) is 4.68. The van der Waals surface area contributed by atoms with Gasteiger partial charge in [-0.05, 0) is 42.8 Å². The van der Waals surface area contributed by atoms with Crippen LogP contribution in [0.4, 0.5) is 0 Å². The van der Waals surface area contributed by atoms with Gasteiger partial charge in [0.05, 0.1) is 26.9 Å². The molecule has 0 atom stereocenters. The highest BCUT2D eigenvalue weighted by Gasteiger charge is 2.14. The number of hydrogen-bond donors (Lipinski definition) is 1. The highest BCUT2D eigenvalue weighted by molar-refractivity contribution is 7.89. The van der Waals surface area contributed by atoms with Crippen molar-refractivity contribution in [3.05, 3.63) is 45.6 Å². The van der Waals surface area contributed by atoms with Crippen LogP contribution in [0.25, 0.3) is 0 Å². The Labute approximate surface area is 145 Å². The van der Waals surface area contributed by atoms with E-state index in [-0.39, 0.29) is 4.90 Å². The highest BCUT2D eigenvalue weighted by Crippen LogP contribution is 2.23. The van der Waals surface area contributed by atoms with E-state index >= 15 is 0 Å². The lowest BCUT2D eigenvalue weighted by molar-refractivity contribution is 0.414. The number of hydrazone groups is 1. The average Bonchev–Trinajstić information content (AvgIpc) is 2.98. The molecule has 0 aliphatic heterocycles. The molecule has 8 heteroatoms. The zero-order valence-corrected chi connectivity index (χ0v) is 15.1. The van der Waals surface area contributed by atoms with Crippen LogP contribution >= 0.6 is 22.9 Å². The Bertz CT molecular complexity index is 783. The van der Waals surface area contributed by atoms with E-state index in [4.69, 9.17) is 16.3 Å². The topological polar surface area (TPSA) is 67.8 Å². The molecule has 1 N–H and O–H groups in total. The summed E-state index contributed by atoms with van der Waals surface area (Å²) in [6.07, 6.45) is 1.50. The van der Waals surface area contributed by atoms with Crippen LogP contribution in [0, 0.1) is 0 Å². The first kappa shape index (κ1) is 17.8. The maximum absolute atomic E-state index is 12.3. The Hall–Kier alpha value is -1.57. The smallest absolute Gasteiger partial charge is 0.276 e. The fourth-order valence-electron chi connectivity index (χ4n) is 1.86. The van der Waals surface area contributed by atoms with Crippen molar-refractivity contribution in [1.82, 2.24) is 4.83 Å². The van der Waals surface area contributed by atoms with Crippen molar-refractivity contribution in [2.24, 2.45) is 5.10 Å². The molecule has 23 heavy (non-hydrogen) atoms. The van der Waals surface area contributed by atoms with Crippen molar-refractivity contribution in [3.63, 3.8) is 0 Å². The van der Waals surface area contributed by atoms with Crippen LogP contribution in [0.5, 0.6) is 5.75 Å². The number of nitrogens with one attached hydrogen (secondary N) is 1. The molecule has 0 spiro atoms.